The van der Waals surface area contributed by atoms with E-state index in [0.717, 1.165) is 55.3 Å². The molecule has 2 bridgehead atoms. The van der Waals surface area contributed by atoms with Crippen molar-refractivity contribution >= 4 is 17.6 Å². The molecule has 3 amide bonds. The van der Waals surface area contributed by atoms with E-state index in [1.807, 2.05) is 26.0 Å². The summed E-state index contributed by atoms with van der Waals surface area (Å²) in [5.41, 5.74) is 3.18. The molecule has 1 saturated carbocycles. The zero-order valence-corrected chi connectivity index (χ0v) is 15.8. The van der Waals surface area contributed by atoms with Crippen LogP contribution in [-0.2, 0) is 4.79 Å². The second-order valence-electron chi connectivity index (χ2n) is 8.40. The molecule has 2 saturated heterocycles. The van der Waals surface area contributed by atoms with Gasteiger partial charge in [0.25, 0.3) is 0 Å². The van der Waals surface area contributed by atoms with Crippen molar-refractivity contribution in [1.29, 1.82) is 0 Å². The van der Waals surface area contributed by atoms with Gasteiger partial charge in [-0.2, -0.15) is 0 Å². The number of nitrogens with one attached hydrogen (secondary N) is 2. The molecule has 0 aromatic heterocycles. The number of carbonyl (C=O) groups excluding carboxylic acids is 2. The Labute approximate surface area is 155 Å². The van der Waals surface area contributed by atoms with Gasteiger partial charge >= 0.3 is 6.03 Å². The Hall–Kier alpha value is -2.04. The number of hydrogen-bond acceptors (Lipinski definition) is 2. The van der Waals surface area contributed by atoms with E-state index in [9.17, 15) is 9.59 Å². The van der Waals surface area contributed by atoms with Gasteiger partial charge in [0.2, 0.25) is 5.91 Å². The van der Waals surface area contributed by atoms with Gasteiger partial charge in [0, 0.05) is 29.7 Å². The third-order valence-electron chi connectivity index (χ3n) is 5.98. The van der Waals surface area contributed by atoms with Gasteiger partial charge in [-0.05, 0) is 82.1 Å². The lowest BCUT2D eigenvalue weighted by Gasteiger charge is -2.48. The molecular formula is C21H29N3O2. The molecule has 2 heterocycles. The number of anilines is 1. The lowest BCUT2D eigenvalue weighted by atomic mass is 9.82. The van der Waals surface area contributed by atoms with Crippen LogP contribution in [-0.4, -0.2) is 35.0 Å². The molecule has 140 valence electrons. The first-order chi connectivity index (χ1) is 12.5. The van der Waals surface area contributed by atoms with Crippen molar-refractivity contribution in [1.82, 2.24) is 10.2 Å². The van der Waals surface area contributed by atoms with Crippen molar-refractivity contribution in [3.8, 4) is 0 Å². The van der Waals surface area contributed by atoms with E-state index in [2.05, 4.69) is 21.6 Å². The first kappa shape index (κ1) is 17.4. The molecule has 4 rings (SSSR count). The Morgan fingerprint density at radius 2 is 1.58 bits per heavy atom. The second-order valence-corrected chi connectivity index (χ2v) is 8.40. The maximum atomic E-state index is 13.0. The minimum atomic E-state index is 0.0108. The maximum Gasteiger partial charge on any atom is 0.322 e. The van der Waals surface area contributed by atoms with E-state index in [4.69, 9.17) is 0 Å². The lowest BCUT2D eigenvalue weighted by Crippen LogP contribution is -2.59. The summed E-state index contributed by atoms with van der Waals surface area (Å²) in [4.78, 5) is 27.1. The summed E-state index contributed by atoms with van der Waals surface area (Å²) in [6.07, 6.45) is 7.08. The fourth-order valence-electron chi connectivity index (χ4n) is 4.73. The quantitative estimate of drug-likeness (QED) is 0.867. The summed E-state index contributed by atoms with van der Waals surface area (Å²) in [7, 11) is 0. The van der Waals surface area contributed by atoms with E-state index in [1.165, 1.54) is 6.42 Å². The van der Waals surface area contributed by atoms with E-state index < -0.39 is 0 Å². The molecular weight excluding hydrogens is 326 g/mol. The largest absolute Gasteiger partial charge is 0.353 e. The number of fused-ring (bicyclic) bond motifs is 2. The van der Waals surface area contributed by atoms with E-state index in [-0.39, 0.29) is 36.0 Å². The van der Waals surface area contributed by atoms with Crippen LogP contribution in [0.5, 0.6) is 0 Å². The summed E-state index contributed by atoms with van der Waals surface area (Å²) in [5.74, 6) is 0.474. The van der Waals surface area contributed by atoms with Crippen LogP contribution in [0.4, 0.5) is 10.5 Å². The molecule has 5 heteroatoms. The average molecular weight is 355 g/mol. The molecule has 5 nitrogen and oxygen atoms in total. The fourth-order valence-corrected chi connectivity index (χ4v) is 4.73. The Morgan fingerprint density at radius 1 is 0.962 bits per heavy atom. The van der Waals surface area contributed by atoms with Crippen LogP contribution in [0.15, 0.2) is 18.2 Å². The number of hydrogen-bond donors (Lipinski definition) is 2. The highest BCUT2D eigenvalue weighted by Crippen LogP contribution is 2.36. The Morgan fingerprint density at radius 3 is 2.15 bits per heavy atom. The summed E-state index contributed by atoms with van der Waals surface area (Å²) in [5, 5.41) is 6.34. The molecule has 3 aliphatic rings. The monoisotopic (exact) mass is 355 g/mol. The topological polar surface area (TPSA) is 61.4 Å². The Bertz CT molecular complexity index is 679. The van der Waals surface area contributed by atoms with Crippen molar-refractivity contribution in [3.63, 3.8) is 0 Å². The standard InChI is InChI=1S/C21H29N3O2/c1-13-8-14(2)10-16(9-13)23-21(26)24-18-4-3-5-19(24)12-17(11-18)22-20(25)15-6-7-15/h8-10,15,17-19H,3-7,11-12H2,1-2H3,(H,22,25)(H,23,26)/t17?,18-,19+. The molecule has 3 atom stereocenters. The number of nitrogens with zero attached hydrogens (tertiary/aromatic N) is 1. The van der Waals surface area contributed by atoms with Gasteiger partial charge in [-0.25, -0.2) is 4.79 Å². The van der Waals surface area contributed by atoms with Gasteiger partial charge < -0.3 is 15.5 Å². The normalized spacial score (nSPS) is 27.8. The van der Waals surface area contributed by atoms with Crippen molar-refractivity contribution in [2.45, 2.75) is 76.9 Å². The minimum absolute atomic E-state index is 0.0108. The highest BCUT2D eigenvalue weighted by Gasteiger charge is 2.42. The smallest absolute Gasteiger partial charge is 0.322 e. The molecule has 2 aliphatic heterocycles. The third-order valence-corrected chi connectivity index (χ3v) is 5.98. The number of carbonyl (C=O) groups is 2. The van der Waals surface area contributed by atoms with Gasteiger partial charge in [-0.1, -0.05) is 6.07 Å². The maximum absolute atomic E-state index is 13.0. The van der Waals surface area contributed by atoms with E-state index in [0.29, 0.717) is 0 Å². The molecule has 0 spiro atoms. The molecule has 1 aliphatic carbocycles. The Kier molecular flexibility index (Phi) is 4.63. The zero-order chi connectivity index (χ0) is 18.3. The average Bonchev–Trinajstić information content (AvgIpc) is 3.37. The molecule has 26 heavy (non-hydrogen) atoms. The van der Waals surface area contributed by atoms with Crippen molar-refractivity contribution in [3.05, 3.63) is 29.3 Å². The van der Waals surface area contributed by atoms with Crippen molar-refractivity contribution < 1.29 is 9.59 Å². The van der Waals surface area contributed by atoms with Gasteiger partial charge in [-0.15, -0.1) is 0 Å². The molecule has 1 aromatic rings. The van der Waals surface area contributed by atoms with Crippen molar-refractivity contribution in [2.24, 2.45) is 5.92 Å². The van der Waals surface area contributed by atoms with Crippen LogP contribution >= 0.6 is 0 Å². The van der Waals surface area contributed by atoms with Gasteiger partial charge in [0.05, 0.1) is 0 Å². The number of aryl methyl sites for hydroxylation is 2. The number of urea groups is 1. The first-order valence-electron chi connectivity index (χ1n) is 9.97. The summed E-state index contributed by atoms with van der Waals surface area (Å²) in [6.45, 7) is 4.09. The first-order valence-corrected chi connectivity index (χ1v) is 9.97. The van der Waals surface area contributed by atoms with Crippen molar-refractivity contribution in [2.75, 3.05) is 5.32 Å². The van der Waals surface area contributed by atoms with Crippen LogP contribution in [0.3, 0.4) is 0 Å². The van der Waals surface area contributed by atoms with Gasteiger partial charge in [0.1, 0.15) is 0 Å². The van der Waals surface area contributed by atoms with Crippen LogP contribution in [0.1, 0.15) is 56.1 Å². The third kappa shape index (κ3) is 3.71. The van der Waals surface area contributed by atoms with Gasteiger partial charge in [0.15, 0.2) is 0 Å². The Balaban J connectivity index is 1.43. The number of piperidine rings is 2. The van der Waals surface area contributed by atoms with Gasteiger partial charge in [-0.3, -0.25) is 4.79 Å². The van der Waals surface area contributed by atoms with Crippen LogP contribution < -0.4 is 10.6 Å². The van der Waals surface area contributed by atoms with Crippen LogP contribution in [0.2, 0.25) is 0 Å². The summed E-state index contributed by atoms with van der Waals surface area (Å²) in [6, 6.07) is 6.85. The highest BCUT2D eigenvalue weighted by molar-refractivity contribution is 5.90. The second kappa shape index (κ2) is 6.93. The molecule has 2 N–H and O–H groups in total. The number of benzene rings is 1. The predicted octanol–water partition coefficient (Wildman–Crippen LogP) is 3.75. The highest BCUT2D eigenvalue weighted by atomic mass is 16.2. The van der Waals surface area contributed by atoms with Crippen LogP contribution in [0, 0.1) is 19.8 Å². The number of rotatable bonds is 3. The minimum Gasteiger partial charge on any atom is -0.353 e. The number of amides is 3. The summed E-state index contributed by atoms with van der Waals surface area (Å²) < 4.78 is 0. The fraction of sp³-hybridized carbons (Fsp3) is 0.619. The molecule has 1 unspecified atom stereocenters. The predicted molar refractivity (Wildman–Crippen MR) is 102 cm³/mol. The molecule has 3 fully saturated rings. The zero-order valence-electron chi connectivity index (χ0n) is 15.8. The summed E-state index contributed by atoms with van der Waals surface area (Å²) >= 11 is 0. The van der Waals surface area contributed by atoms with E-state index >= 15 is 0 Å². The van der Waals surface area contributed by atoms with Crippen LogP contribution in [0.25, 0.3) is 0 Å². The molecule has 0 radical (unpaired) electrons. The lowest BCUT2D eigenvalue weighted by molar-refractivity contribution is -0.123. The van der Waals surface area contributed by atoms with E-state index in [1.54, 1.807) is 0 Å². The molecule has 1 aromatic carbocycles. The SMILES string of the molecule is Cc1cc(C)cc(NC(=O)N2[C@@H]3CCC[C@H]2CC(NC(=O)C2CC2)C3)c1.